The number of terminal acetylenes is 1. The van der Waals surface area contributed by atoms with E-state index >= 15 is 0 Å². The second-order valence-corrected chi connectivity index (χ2v) is 5.80. The molecule has 1 saturated heterocycles. The van der Waals surface area contributed by atoms with Crippen molar-refractivity contribution in [3.8, 4) is 12.3 Å². The number of hydrogen-bond acceptors (Lipinski definition) is 2. The molecule has 2 N–H and O–H groups in total. The molecule has 0 spiro atoms. The summed E-state index contributed by atoms with van der Waals surface area (Å²) in [6, 6.07) is 6.50. The van der Waals surface area contributed by atoms with E-state index in [0.29, 0.717) is 18.8 Å². The monoisotopic (exact) mass is 284 g/mol. The van der Waals surface area contributed by atoms with E-state index < -0.39 is 12.1 Å². The summed E-state index contributed by atoms with van der Waals surface area (Å²) < 4.78 is 0. The van der Waals surface area contributed by atoms with Gasteiger partial charge < -0.3 is 10.6 Å². The SMILES string of the molecule is C#Cc1ccc(C[C@@H]2NC(=O)[C@H](CC(C)C)NC2=O)cc1. The summed E-state index contributed by atoms with van der Waals surface area (Å²) in [6.07, 6.45) is 6.43. The first-order chi connectivity index (χ1) is 9.99. The summed E-state index contributed by atoms with van der Waals surface area (Å²) in [4.78, 5) is 24.1. The quantitative estimate of drug-likeness (QED) is 0.817. The summed E-state index contributed by atoms with van der Waals surface area (Å²) in [5.41, 5.74) is 1.77. The highest BCUT2D eigenvalue weighted by Gasteiger charge is 2.33. The van der Waals surface area contributed by atoms with Gasteiger partial charge in [-0.3, -0.25) is 9.59 Å². The lowest BCUT2D eigenvalue weighted by Gasteiger charge is -2.30. The van der Waals surface area contributed by atoms with E-state index in [2.05, 4.69) is 16.6 Å². The van der Waals surface area contributed by atoms with Crippen LogP contribution < -0.4 is 10.6 Å². The molecule has 0 aliphatic carbocycles. The maximum Gasteiger partial charge on any atom is 0.243 e. The van der Waals surface area contributed by atoms with Crippen molar-refractivity contribution >= 4 is 11.8 Å². The van der Waals surface area contributed by atoms with Crippen LogP contribution in [0.5, 0.6) is 0 Å². The standard InChI is InChI=1S/C17H20N2O2/c1-4-12-5-7-13(8-6-12)10-15-17(21)18-14(9-11(2)3)16(20)19-15/h1,5-8,11,14-15H,9-10H2,2-3H3,(H,18,21)(H,19,20)/t14-,15-/m0/s1. The molecule has 0 saturated carbocycles. The number of hydrogen-bond donors (Lipinski definition) is 2. The topological polar surface area (TPSA) is 58.2 Å². The van der Waals surface area contributed by atoms with Gasteiger partial charge in [0.1, 0.15) is 12.1 Å². The normalized spacial score (nSPS) is 21.6. The smallest absolute Gasteiger partial charge is 0.243 e. The molecule has 110 valence electrons. The van der Waals surface area contributed by atoms with Gasteiger partial charge in [0.25, 0.3) is 0 Å². The number of piperazine rings is 1. The molecule has 1 heterocycles. The number of carbonyl (C=O) groups is 2. The number of nitrogens with one attached hydrogen (secondary N) is 2. The molecule has 0 aromatic heterocycles. The second-order valence-electron chi connectivity index (χ2n) is 5.80. The molecule has 2 atom stereocenters. The second kappa shape index (κ2) is 6.45. The fourth-order valence-electron chi connectivity index (χ4n) is 2.43. The third kappa shape index (κ3) is 3.85. The average Bonchev–Trinajstić information content (AvgIpc) is 2.44. The third-order valence-corrected chi connectivity index (χ3v) is 3.53. The predicted molar refractivity (Wildman–Crippen MR) is 81.4 cm³/mol. The third-order valence-electron chi connectivity index (χ3n) is 3.53. The number of rotatable bonds is 4. The Morgan fingerprint density at radius 2 is 1.67 bits per heavy atom. The average molecular weight is 284 g/mol. The van der Waals surface area contributed by atoms with Crippen molar-refractivity contribution in [2.45, 2.75) is 38.8 Å². The molecule has 0 bridgehead atoms. The summed E-state index contributed by atoms with van der Waals surface area (Å²) in [6.45, 7) is 4.05. The fourth-order valence-corrected chi connectivity index (χ4v) is 2.43. The molecule has 0 unspecified atom stereocenters. The lowest BCUT2D eigenvalue weighted by Crippen LogP contribution is -2.62. The molecule has 4 nitrogen and oxygen atoms in total. The van der Waals surface area contributed by atoms with Crippen LogP contribution in [0.3, 0.4) is 0 Å². The molecule has 0 radical (unpaired) electrons. The van der Waals surface area contributed by atoms with Gasteiger partial charge in [-0.2, -0.15) is 0 Å². The van der Waals surface area contributed by atoms with E-state index in [1.807, 2.05) is 38.1 Å². The first-order valence-electron chi connectivity index (χ1n) is 7.16. The molecule has 1 aliphatic rings. The summed E-state index contributed by atoms with van der Waals surface area (Å²) in [5, 5.41) is 5.61. The minimum Gasteiger partial charge on any atom is -0.343 e. The molecule has 4 heteroatoms. The van der Waals surface area contributed by atoms with Gasteiger partial charge in [0, 0.05) is 12.0 Å². The Kier molecular flexibility index (Phi) is 4.64. The molecule has 1 fully saturated rings. The van der Waals surface area contributed by atoms with Crippen LogP contribution in [0, 0.1) is 18.3 Å². The van der Waals surface area contributed by atoms with E-state index in [-0.39, 0.29) is 11.8 Å². The Morgan fingerprint density at radius 1 is 1.10 bits per heavy atom. The predicted octanol–water partition coefficient (Wildman–Crippen LogP) is 1.24. The van der Waals surface area contributed by atoms with E-state index in [1.54, 1.807) is 0 Å². The van der Waals surface area contributed by atoms with Crippen molar-refractivity contribution in [1.29, 1.82) is 0 Å². The lowest BCUT2D eigenvalue weighted by molar-refractivity contribution is -0.137. The molecule has 2 amide bonds. The Bertz CT molecular complexity index is 569. The van der Waals surface area contributed by atoms with E-state index in [9.17, 15) is 9.59 Å². The van der Waals surface area contributed by atoms with Crippen molar-refractivity contribution in [2.24, 2.45) is 5.92 Å². The van der Waals surface area contributed by atoms with Crippen molar-refractivity contribution in [2.75, 3.05) is 0 Å². The molecule has 21 heavy (non-hydrogen) atoms. The van der Waals surface area contributed by atoms with E-state index in [1.165, 1.54) is 0 Å². The largest absolute Gasteiger partial charge is 0.343 e. The maximum absolute atomic E-state index is 12.1. The van der Waals surface area contributed by atoms with Crippen LogP contribution >= 0.6 is 0 Å². The van der Waals surface area contributed by atoms with Crippen LogP contribution in [-0.2, 0) is 16.0 Å². The van der Waals surface area contributed by atoms with Crippen molar-refractivity contribution in [3.05, 3.63) is 35.4 Å². The van der Waals surface area contributed by atoms with Gasteiger partial charge in [-0.15, -0.1) is 6.42 Å². The van der Waals surface area contributed by atoms with Crippen LogP contribution in [0.25, 0.3) is 0 Å². The fraction of sp³-hybridized carbons (Fsp3) is 0.412. The number of benzene rings is 1. The van der Waals surface area contributed by atoms with Crippen molar-refractivity contribution < 1.29 is 9.59 Å². The highest BCUT2D eigenvalue weighted by molar-refractivity contribution is 5.97. The summed E-state index contributed by atoms with van der Waals surface area (Å²) >= 11 is 0. The van der Waals surface area contributed by atoms with Crippen LogP contribution in [0.1, 0.15) is 31.4 Å². The summed E-state index contributed by atoms with van der Waals surface area (Å²) in [5.74, 6) is 2.68. The van der Waals surface area contributed by atoms with Gasteiger partial charge in [-0.1, -0.05) is 31.9 Å². The molecular formula is C17H20N2O2. The van der Waals surface area contributed by atoms with Gasteiger partial charge in [-0.05, 0) is 30.0 Å². The first kappa shape index (κ1) is 15.1. The van der Waals surface area contributed by atoms with Crippen molar-refractivity contribution in [3.63, 3.8) is 0 Å². The zero-order valence-electron chi connectivity index (χ0n) is 12.3. The maximum atomic E-state index is 12.1. The van der Waals surface area contributed by atoms with E-state index in [4.69, 9.17) is 6.42 Å². The Balaban J connectivity index is 2.00. The highest BCUT2D eigenvalue weighted by Crippen LogP contribution is 2.12. The van der Waals surface area contributed by atoms with Crippen LogP contribution in [0.15, 0.2) is 24.3 Å². The zero-order valence-corrected chi connectivity index (χ0v) is 12.3. The molecule has 1 aromatic rings. The summed E-state index contributed by atoms with van der Waals surface area (Å²) in [7, 11) is 0. The number of carbonyl (C=O) groups excluding carboxylic acids is 2. The number of amides is 2. The zero-order chi connectivity index (χ0) is 15.4. The van der Waals surface area contributed by atoms with Crippen LogP contribution in [0.4, 0.5) is 0 Å². The van der Waals surface area contributed by atoms with Gasteiger partial charge >= 0.3 is 0 Å². The Morgan fingerprint density at radius 3 is 2.24 bits per heavy atom. The van der Waals surface area contributed by atoms with Gasteiger partial charge in [-0.25, -0.2) is 0 Å². The minimum atomic E-state index is -0.516. The van der Waals surface area contributed by atoms with Crippen LogP contribution in [0.2, 0.25) is 0 Å². The Labute approximate surface area is 125 Å². The molecule has 1 aliphatic heterocycles. The van der Waals surface area contributed by atoms with Gasteiger partial charge in [0.05, 0.1) is 0 Å². The minimum absolute atomic E-state index is 0.103. The molecular weight excluding hydrogens is 264 g/mol. The highest BCUT2D eigenvalue weighted by atomic mass is 16.2. The van der Waals surface area contributed by atoms with E-state index in [0.717, 1.165) is 11.1 Å². The van der Waals surface area contributed by atoms with Crippen LogP contribution in [-0.4, -0.2) is 23.9 Å². The lowest BCUT2D eigenvalue weighted by atomic mass is 9.97. The molecule has 2 rings (SSSR count). The van der Waals surface area contributed by atoms with Gasteiger partial charge in [0.15, 0.2) is 0 Å². The van der Waals surface area contributed by atoms with Gasteiger partial charge in [0.2, 0.25) is 11.8 Å². The van der Waals surface area contributed by atoms with Crippen molar-refractivity contribution in [1.82, 2.24) is 10.6 Å². The first-order valence-corrected chi connectivity index (χ1v) is 7.16. The molecule has 1 aromatic carbocycles. The Hall–Kier alpha value is -2.28.